The van der Waals surface area contributed by atoms with E-state index in [1.54, 1.807) is 0 Å². The van der Waals surface area contributed by atoms with E-state index in [4.69, 9.17) is 4.74 Å². The molecule has 0 amide bonds. The maximum absolute atomic E-state index is 13.3. The lowest BCUT2D eigenvalue weighted by Crippen LogP contribution is -2.19. The van der Waals surface area contributed by atoms with Gasteiger partial charge in [0.2, 0.25) is 5.88 Å². The zero-order valence-electron chi connectivity index (χ0n) is 11.6. The minimum Gasteiger partial charge on any atom is -0.476 e. The molecule has 6 heteroatoms. The van der Waals surface area contributed by atoms with Crippen molar-refractivity contribution in [1.82, 2.24) is 19.9 Å². The molecule has 108 valence electrons. The van der Waals surface area contributed by atoms with Gasteiger partial charge in [0.1, 0.15) is 5.52 Å². The molecule has 2 aromatic rings. The van der Waals surface area contributed by atoms with E-state index in [-0.39, 0.29) is 5.88 Å². The summed E-state index contributed by atoms with van der Waals surface area (Å²) >= 11 is 0. The standard InChI is InChI=1S/C14H19FN4O/c1-9-4-2-3-5-10(9)6-7-20-13-11-12(17-8-16-11)18-14(15)19-13/h8-10H,2-7H2,1H3,(H,16,17,18,19). The maximum atomic E-state index is 13.3. The van der Waals surface area contributed by atoms with Gasteiger partial charge in [0.05, 0.1) is 12.9 Å². The molecule has 0 radical (unpaired) electrons. The molecule has 0 aromatic carbocycles. The highest BCUT2D eigenvalue weighted by atomic mass is 19.1. The molecule has 5 nitrogen and oxygen atoms in total. The highest BCUT2D eigenvalue weighted by Gasteiger charge is 2.21. The van der Waals surface area contributed by atoms with Crippen LogP contribution in [-0.4, -0.2) is 26.5 Å². The molecule has 3 rings (SSSR count). The van der Waals surface area contributed by atoms with Crippen LogP contribution in [0.2, 0.25) is 0 Å². The van der Waals surface area contributed by atoms with E-state index in [0.29, 0.717) is 23.7 Å². The van der Waals surface area contributed by atoms with Gasteiger partial charge in [0.25, 0.3) is 0 Å². The largest absolute Gasteiger partial charge is 0.476 e. The molecule has 2 atom stereocenters. The average molecular weight is 278 g/mol. The van der Waals surface area contributed by atoms with E-state index in [0.717, 1.165) is 12.3 Å². The normalized spacial score (nSPS) is 23.1. The van der Waals surface area contributed by atoms with Crippen molar-refractivity contribution >= 4 is 11.2 Å². The molecule has 1 aliphatic rings. The SMILES string of the molecule is CC1CCCCC1CCOc1nc(F)nc2nc[nH]c12. The highest BCUT2D eigenvalue weighted by Crippen LogP contribution is 2.32. The van der Waals surface area contributed by atoms with Crippen LogP contribution in [0.15, 0.2) is 6.33 Å². The third-order valence-electron chi connectivity index (χ3n) is 4.24. The third kappa shape index (κ3) is 2.73. The van der Waals surface area contributed by atoms with Crippen LogP contribution < -0.4 is 4.74 Å². The van der Waals surface area contributed by atoms with Gasteiger partial charge in [-0.2, -0.15) is 14.4 Å². The summed E-state index contributed by atoms with van der Waals surface area (Å²) in [4.78, 5) is 14.1. The topological polar surface area (TPSA) is 63.7 Å². The monoisotopic (exact) mass is 278 g/mol. The van der Waals surface area contributed by atoms with Crippen LogP contribution in [0.3, 0.4) is 0 Å². The zero-order valence-corrected chi connectivity index (χ0v) is 11.6. The fourth-order valence-electron chi connectivity index (χ4n) is 3.01. The van der Waals surface area contributed by atoms with Gasteiger partial charge in [0, 0.05) is 0 Å². The molecule has 0 aliphatic heterocycles. The van der Waals surface area contributed by atoms with Crippen molar-refractivity contribution in [1.29, 1.82) is 0 Å². The molecular formula is C14H19FN4O. The van der Waals surface area contributed by atoms with Crippen LogP contribution in [0.25, 0.3) is 11.2 Å². The van der Waals surface area contributed by atoms with E-state index in [2.05, 4.69) is 26.9 Å². The lowest BCUT2D eigenvalue weighted by atomic mass is 9.79. The number of H-pyrrole nitrogens is 1. The van der Waals surface area contributed by atoms with Crippen molar-refractivity contribution in [2.24, 2.45) is 11.8 Å². The number of aromatic nitrogens is 4. The van der Waals surface area contributed by atoms with Crippen molar-refractivity contribution in [3.8, 4) is 5.88 Å². The summed E-state index contributed by atoms with van der Waals surface area (Å²) in [6, 6.07) is 0. The van der Waals surface area contributed by atoms with Crippen LogP contribution in [-0.2, 0) is 0 Å². The number of fused-ring (bicyclic) bond motifs is 1. The van der Waals surface area contributed by atoms with Crippen molar-refractivity contribution in [2.75, 3.05) is 6.61 Å². The molecular weight excluding hydrogens is 259 g/mol. The smallest absolute Gasteiger partial charge is 0.314 e. The van der Waals surface area contributed by atoms with Crippen LogP contribution in [0, 0.1) is 17.9 Å². The van der Waals surface area contributed by atoms with Crippen LogP contribution in [0.4, 0.5) is 4.39 Å². The van der Waals surface area contributed by atoms with E-state index >= 15 is 0 Å². The quantitative estimate of drug-likeness (QED) is 0.873. The van der Waals surface area contributed by atoms with Gasteiger partial charge < -0.3 is 9.72 Å². The summed E-state index contributed by atoms with van der Waals surface area (Å²) in [5.74, 6) is 1.71. The number of imidazole rings is 1. The van der Waals surface area contributed by atoms with Gasteiger partial charge in [-0.3, -0.25) is 0 Å². The summed E-state index contributed by atoms with van der Waals surface area (Å²) in [7, 11) is 0. The second kappa shape index (κ2) is 5.73. The average Bonchev–Trinajstić information content (AvgIpc) is 2.89. The van der Waals surface area contributed by atoms with Gasteiger partial charge in [-0.05, 0) is 18.3 Å². The van der Waals surface area contributed by atoms with Crippen molar-refractivity contribution in [3.63, 3.8) is 0 Å². The molecule has 1 fully saturated rings. The molecule has 1 N–H and O–H groups in total. The first-order valence-electron chi connectivity index (χ1n) is 7.23. The van der Waals surface area contributed by atoms with Gasteiger partial charge >= 0.3 is 6.08 Å². The van der Waals surface area contributed by atoms with Gasteiger partial charge in [-0.1, -0.05) is 32.6 Å². The fourth-order valence-corrected chi connectivity index (χ4v) is 3.01. The maximum Gasteiger partial charge on any atom is 0.314 e. The summed E-state index contributed by atoms with van der Waals surface area (Å²) < 4.78 is 18.9. The summed E-state index contributed by atoms with van der Waals surface area (Å²) in [5, 5.41) is 0. The van der Waals surface area contributed by atoms with E-state index in [9.17, 15) is 4.39 Å². The number of hydrogen-bond donors (Lipinski definition) is 1. The number of aromatic amines is 1. The van der Waals surface area contributed by atoms with E-state index < -0.39 is 6.08 Å². The zero-order chi connectivity index (χ0) is 13.9. The Balaban J connectivity index is 1.63. The molecule has 2 heterocycles. The molecule has 1 saturated carbocycles. The van der Waals surface area contributed by atoms with Crippen LogP contribution in [0.5, 0.6) is 5.88 Å². The fraction of sp³-hybridized carbons (Fsp3) is 0.643. The second-order valence-electron chi connectivity index (χ2n) is 5.56. The Labute approximate surface area is 117 Å². The summed E-state index contributed by atoms with van der Waals surface area (Å²) in [6.45, 7) is 2.86. The lowest BCUT2D eigenvalue weighted by Gasteiger charge is -2.28. The van der Waals surface area contributed by atoms with Crippen molar-refractivity contribution in [2.45, 2.75) is 39.0 Å². The molecule has 2 unspecified atom stereocenters. The summed E-state index contributed by atoms with van der Waals surface area (Å²) in [5.41, 5.74) is 0.863. The second-order valence-corrected chi connectivity index (χ2v) is 5.56. The number of hydrogen-bond acceptors (Lipinski definition) is 4. The van der Waals surface area contributed by atoms with E-state index in [1.807, 2.05) is 0 Å². The number of ether oxygens (including phenoxy) is 1. The Morgan fingerprint density at radius 1 is 1.35 bits per heavy atom. The Hall–Kier alpha value is -1.72. The minimum absolute atomic E-state index is 0.258. The predicted molar refractivity (Wildman–Crippen MR) is 72.9 cm³/mol. The van der Waals surface area contributed by atoms with Gasteiger partial charge in [-0.25, -0.2) is 4.98 Å². The van der Waals surface area contributed by atoms with Gasteiger partial charge in [-0.15, -0.1) is 0 Å². The lowest BCUT2D eigenvalue weighted by molar-refractivity contribution is 0.193. The number of halogens is 1. The molecule has 2 aromatic heterocycles. The van der Waals surface area contributed by atoms with Gasteiger partial charge in [0.15, 0.2) is 5.65 Å². The highest BCUT2D eigenvalue weighted by molar-refractivity contribution is 5.74. The Morgan fingerprint density at radius 2 is 2.20 bits per heavy atom. The van der Waals surface area contributed by atoms with Crippen molar-refractivity contribution < 1.29 is 9.13 Å². The first kappa shape index (κ1) is 13.3. The molecule has 0 saturated heterocycles. The number of nitrogens with zero attached hydrogens (tertiary/aromatic N) is 3. The van der Waals surface area contributed by atoms with E-state index in [1.165, 1.54) is 32.0 Å². The molecule has 0 bridgehead atoms. The first-order valence-corrected chi connectivity index (χ1v) is 7.23. The van der Waals surface area contributed by atoms with Crippen LogP contribution in [0.1, 0.15) is 39.0 Å². The Morgan fingerprint density at radius 3 is 3.05 bits per heavy atom. The Bertz CT molecular complexity index is 586. The summed E-state index contributed by atoms with van der Waals surface area (Å²) in [6.07, 6.45) is 6.87. The predicted octanol–water partition coefficient (Wildman–Crippen LogP) is 3.09. The molecule has 20 heavy (non-hydrogen) atoms. The molecule has 1 aliphatic carbocycles. The number of rotatable bonds is 4. The Kier molecular flexibility index (Phi) is 3.80. The third-order valence-corrected chi connectivity index (χ3v) is 4.24. The van der Waals surface area contributed by atoms with Crippen LogP contribution >= 0.6 is 0 Å². The first-order chi connectivity index (χ1) is 9.74. The number of nitrogens with one attached hydrogen (secondary N) is 1. The molecule has 0 spiro atoms. The van der Waals surface area contributed by atoms with Crippen molar-refractivity contribution in [3.05, 3.63) is 12.4 Å². The minimum atomic E-state index is -0.800.